The molecule has 0 aromatic carbocycles. The van der Waals surface area contributed by atoms with Crippen molar-refractivity contribution < 1.29 is 4.79 Å². The molecule has 86 valence electrons. The maximum absolute atomic E-state index is 11.5. The second kappa shape index (κ2) is 5.61. The first-order valence-corrected chi connectivity index (χ1v) is 6.33. The number of ketones is 1. The van der Waals surface area contributed by atoms with Crippen molar-refractivity contribution in [3.63, 3.8) is 0 Å². The minimum absolute atomic E-state index is 0.358. The summed E-state index contributed by atoms with van der Waals surface area (Å²) >= 11 is 0. The number of nitrogens with one attached hydrogen (secondary N) is 1. The second-order valence-corrected chi connectivity index (χ2v) is 4.83. The average Bonchev–Trinajstić information content (AvgIpc) is 2.59. The van der Waals surface area contributed by atoms with E-state index >= 15 is 0 Å². The van der Waals surface area contributed by atoms with Crippen molar-refractivity contribution in [2.45, 2.75) is 44.6 Å². The van der Waals surface area contributed by atoms with E-state index in [1.165, 1.54) is 38.5 Å². The molecule has 1 aliphatic heterocycles. The lowest BCUT2D eigenvalue weighted by Gasteiger charge is -2.28. The molecule has 0 bridgehead atoms. The molecule has 1 saturated heterocycles. The molecule has 15 heavy (non-hydrogen) atoms. The van der Waals surface area contributed by atoms with E-state index in [-0.39, 0.29) is 0 Å². The van der Waals surface area contributed by atoms with Crippen LogP contribution in [0.5, 0.6) is 0 Å². The van der Waals surface area contributed by atoms with Crippen LogP contribution in [0.3, 0.4) is 0 Å². The van der Waals surface area contributed by atoms with Crippen LogP contribution in [0.2, 0.25) is 0 Å². The molecule has 2 aliphatic rings. The zero-order valence-electron chi connectivity index (χ0n) is 9.50. The third-order valence-corrected chi connectivity index (χ3v) is 3.62. The summed E-state index contributed by atoms with van der Waals surface area (Å²) in [5, 5.41) is 3.19. The number of hydrogen-bond donors (Lipinski definition) is 1. The predicted octanol–water partition coefficient (Wildman–Crippen LogP) is 1.18. The lowest BCUT2D eigenvalue weighted by molar-refractivity contribution is -0.119. The van der Waals surface area contributed by atoms with Gasteiger partial charge >= 0.3 is 0 Å². The number of carbonyl (C=O) groups excluding carboxylic acids is 1. The molecular weight excluding hydrogens is 188 g/mol. The van der Waals surface area contributed by atoms with Crippen LogP contribution in [0.1, 0.15) is 38.5 Å². The highest BCUT2D eigenvalue weighted by Gasteiger charge is 2.23. The van der Waals surface area contributed by atoms with Gasteiger partial charge in [-0.2, -0.15) is 0 Å². The molecule has 0 unspecified atom stereocenters. The van der Waals surface area contributed by atoms with E-state index < -0.39 is 0 Å². The quantitative estimate of drug-likeness (QED) is 0.660. The SMILES string of the molecule is O=C1CNCCN(C2CCCCCC2)C1. The Hall–Kier alpha value is -0.410. The molecule has 2 fully saturated rings. The Bertz CT molecular complexity index is 210. The van der Waals surface area contributed by atoms with Crippen LogP contribution in [0, 0.1) is 0 Å². The van der Waals surface area contributed by atoms with Crippen LogP contribution >= 0.6 is 0 Å². The van der Waals surface area contributed by atoms with Gasteiger partial charge in [-0.1, -0.05) is 25.7 Å². The Morgan fingerprint density at radius 2 is 1.87 bits per heavy atom. The van der Waals surface area contributed by atoms with Gasteiger partial charge in [0.1, 0.15) is 0 Å². The molecule has 0 amide bonds. The summed E-state index contributed by atoms with van der Waals surface area (Å²) in [7, 11) is 0. The van der Waals surface area contributed by atoms with Crippen molar-refractivity contribution in [3.8, 4) is 0 Å². The highest BCUT2D eigenvalue weighted by molar-refractivity contribution is 5.82. The van der Waals surface area contributed by atoms with E-state index in [2.05, 4.69) is 10.2 Å². The smallest absolute Gasteiger partial charge is 0.160 e. The van der Waals surface area contributed by atoms with Crippen molar-refractivity contribution in [2.75, 3.05) is 26.2 Å². The first kappa shape index (κ1) is 11.1. The largest absolute Gasteiger partial charge is 0.309 e. The summed E-state index contributed by atoms with van der Waals surface area (Å²) in [6.07, 6.45) is 8.07. The van der Waals surface area contributed by atoms with Crippen molar-refractivity contribution in [1.82, 2.24) is 10.2 Å². The normalized spacial score (nSPS) is 27.3. The van der Waals surface area contributed by atoms with E-state index in [0.29, 0.717) is 24.9 Å². The first-order valence-electron chi connectivity index (χ1n) is 6.33. The molecule has 1 heterocycles. The van der Waals surface area contributed by atoms with Crippen molar-refractivity contribution in [3.05, 3.63) is 0 Å². The minimum atomic E-state index is 0.358. The standard InChI is InChI=1S/C12H22N2O/c15-12-9-13-7-8-14(10-12)11-5-3-1-2-4-6-11/h11,13H,1-10H2. The number of nitrogens with zero attached hydrogens (tertiary/aromatic N) is 1. The highest BCUT2D eigenvalue weighted by Crippen LogP contribution is 2.21. The molecule has 1 saturated carbocycles. The number of Topliss-reactive ketones (excluding diaryl/α,β-unsaturated/α-hetero) is 1. The molecule has 0 spiro atoms. The fraction of sp³-hybridized carbons (Fsp3) is 0.917. The topological polar surface area (TPSA) is 32.3 Å². The Morgan fingerprint density at radius 1 is 1.13 bits per heavy atom. The van der Waals surface area contributed by atoms with Gasteiger partial charge in [0.25, 0.3) is 0 Å². The van der Waals surface area contributed by atoms with Crippen molar-refractivity contribution >= 4 is 5.78 Å². The highest BCUT2D eigenvalue weighted by atomic mass is 16.1. The Kier molecular flexibility index (Phi) is 4.15. The number of hydrogen-bond acceptors (Lipinski definition) is 3. The minimum Gasteiger partial charge on any atom is -0.309 e. The maximum Gasteiger partial charge on any atom is 0.160 e. The maximum atomic E-state index is 11.5. The molecule has 0 aromatic rings. The van der Waals surface area contributed by atoms with Gasteiger partial charge in [-0.25, -0.2) is 0 Å². The van der Waals surface area contributed by atoms with E-state index in [0.717, 1.165) is 13.1 Å². The van der Waals surface area contributed by atoms with Crippen LogP contribution in [0.4, 0.5) is 0 Å². The molecule has 2 rings (SSSR count). The third-order valence-electron chi connectivity index (χ3n) is 3.62. The Labute approximate surface area is 92.2 Å². The van der Waals surface area contributed by atoms with Gasteiger partial charge in [0.05, 0.1) is 13.1 Å². The van der Waals surface area contributed by atoms with Gasteiger partial charge in [-0.15, -0.1) is 0 Å². The predicted molar refractivity (Wildman–Crippen MR) is 60.9 cm³/mol. The average molecular weight is 210 g/mol. The van der Waals surface area contributed by atoms with Crippen LogP contribution in [0.15, 0.2) is 0 Å². The number of rotatable bonds is 1. The summed E-state index contributed by atoms with van der Waals surface area (Å²) in [6.45, 7) is 3.28. The van der Waals surface area contributed by atoms with E-state index in [1.807, 2.05) is 0 Å². The zero-order chi connectivity index (χ0) is 10.5. The van der Waals surface area contributed by atoms with Gasteiger partial charge in [-0.05, 0) is 12.8 Å². The molecule has 3 nitrogen and oxygen atoms in total. The number of carbonyl (C=O) groups is 1. The molecule has 0 radical (unpaired) electrons. The molecule has 0 aromatic heterocycles. The zero-order valence-corrected chi connectivity index (χ0v) is 9.50. The third kappa shape index (κ3) is 3.28. The fourth-order valence-corrected chi connectivity index (χ4v) is 2.75. The molecule has 1 N–H and O–H groups in total. The van der Waals surface area contributed by atoms with Gasteiger partial charge in [-0.3, -0.25) is 9.69 Å². The Morgan fingerprint density at radius 3 is 2.60 bits per heavy atom. The van der Waals surface area contributed by atoms with E-state index in [1.54, 1.807) is 0 Å². The summed E-state index contributed by atoms with van der Waals surface area (Å²) in [5.41, 5.74) is 0. The Balaban J connectivity index is 1.91. The molecule has 3 heteroatoms. The lowest BCUT2D eigenvalue weighted by atomic mass is 10.1. The van der Waals surface area contributed by atoms with Crippen molar-refractivity contribution in [2.24, 2.45) is 0 Å². The second-order valence-electron chi connectivity index (χ2n) is 4.83. The van der Waals surface area contributed by atoms with Crippen LogP contribution in [-0.2, 0) is 4.79 Å². The molecule has 0 atom stereocenters. The van der Waals surface area contributed by atoms with Crippen LogP contribution < -0.4 is 5.32 Å². The van der Waals surface area contributed by atoms with Gasteiger partial charge in [0.2, 0.25) is 0 Å². The summed E-state index contributed by atoms with van der Waals surface area (Å²) < 4.78 is 0. The van der Waals surface area contributed by atoms with E-state index in [9.17, 15) is 4.79 Å². The van der Waals surface area contributed by atoms with Crippen molar-refractivity contribution in [1.29, 1.82) is 0 Å². The monoisotopic (exact) mass is 210 g/mol. The summed E-state index contributed by atoms with van der Waals surface area (Å²) in [5.74, 6) is 0.358. The van der Waals surface area contributed by atoms with Gasteiger partial charge in [0.15, 0.2) is 5.78 Å². The molecule has 1 aliphatic carbocycles. The van der Waals surface area contributed by atoms with Gasteiger partial charge in [0, 0.05) is 19.1 Å². The van der Waals surface area contributed by atoms with Gasteiger partial charge < -0.3 is 5.32 Å². The lowest BCUT2D eigenvalue weighted by Crippen LogP contribution is -2.39. The first-order chi connectivity index (χ1) is 7.36. The van der Waals surface area contributed by atoms with Crippen LogP contribution in [0.25, 0.3) is 0 Å². The molecular formula is C12H22N2O. The summed E-state index contributed by atoms with van der Waals surface area (Å²) in [4.78, 5) is 13.9. The summed E-state index contributed by atoms with van der Waals surface area (Å²) in [6, 6.07) is 0.677. The van der Waals surface area contributed by atoms with Crippen LogP contribution in [-0.4, -0.2) is 42.9 Å². The fourth-order valence-electron chi connectivity index (χ4n) is 2.75. The van der Waals surface area contributed by atoms with E-state index in [4.69, 9.17) is 0 Å².